The molecular weight excluding hydrogens is 286 g/mol. The van der Waals surface area contributed by atoms with Gasteiger partial charge in [0.2, 0.25) is 0 Å². The molecule has 7 heteroatoms. The summed E-state index contributed by atoms with van der Waals surface area (Å²) >= 11 is 5.70. The molecule has 0 atom stereocenters. The highest BCUT2D eigenvalue weighted by atomic mass is 35.5. The number of nitrogens with zero attached hydrogens (tertiary/aromatic N) is 1. The van der Waals surface area contributed by atoms with Gasteiger partial charge in [0.1, 0.15) is 10.0 Å². The number of nitrogen functional groups attached to an aromatic ring is 1. The number of aryl methyl sites for hydroxylation is 1. The van der Waals surface area contributed by atoms with E-state index in [2.05, 4.69) is 9.71 Å². The number of aromatic nitrogens is 1. The van der Waals surface area contributed by atoms with Crippen molar-refractivity contribution in [3.63, 3.8) is 0 Å². The molecule has 0 spiro atoms. The van der Waals surface area contributed by atoms with E-state index in [1.54, 1.807) is 12.1 Å². The van der Waals surface area contributed by atoms with E-state index >= 15 is 0 Å². The second-order valence-corrected chi connectivity index (χ2v) is 6.05. The van der Waals surface area contributed by atoms with Crippen molar-refractivity contribution in [2.24, 2.45) is 0 Å². The quantitative estimate of drug-likeness (QED) is 0.673. The van der Waals surface area contributed by atoms with Gasteiger partial charge in [-0.15, -0.1) is 0 Å². The van der Waals surface area contributed by atoms with Gasteiger partial charge in [-0.1, -0.05) is 17.7 Å². The molecule has 1 heterocycles. The number of rotatable bonds is 3. The van der Waals surface area contributed by atoms with E-state index in [0.717, 1.165) is 5.56 Å². The zero-order chi connectivity index (χ0) is 14.0. The van der Waals surface area contributed by atoms with E-state index in [1.807, 2.05) is 6.92 Å². The maximum Gasteiger partial charge on any atom is 0.263 e. The van der Waals surface area contributed by atoms with Gasteiger partial charge in [0.25, 0.3) is 10.0 Å². The van der Waals surface area contributed by atoms with Crippen LogP contribution >= 0.6 is 11.6 Å². The normalized spacial score (nSPS) is 11.3. The first-order chi connectivity index (χ1) is 8.88. The molecule has 0 radical (unpaired) electrons. The molecule has 3 N–H and O–H groups in total. The monoisotopic (exact) mass is 297 g/mol. The Hall–Kier alpha value is -1.79. The van der Waals surface area contributed by atoms with Crippen LogP contribution in [0.2, 0.25) is 5.15 Å². The van der Waals surface area contributed by atoms with Crippen LogP contribution in [0, 0.1) is 6.92 Å². The lowest BCUT2D eigenvalue weighted by Crippen LogP contribution is -2.14. The zero-order valence-corrected chi connectivity index (χ0v) is 11.7. The van der Waals surface area contributed by atoms with E-state index in [1.165, 1.54) is 24.4 Å². The second-order valence-electron chi connectivity index (χ2n) is 4.01. The fraction of sp³-hybridized carbons (Fsp3) is 0.0833. The average molecular weight is 298 g/mol. The number of hydrogen-bond acceptors (Lipinski definition) is 4. The van der Waals surface area contributed by atoms with Crippen LogP contribution < -0.4 is 10.5 Å². The zero-order valence-electron chi connectivity index (χ0n) is 10.1. The summed E-state index contributed by atoms with van der Waals surface area (Å²) in [6, 6.07) is 7.69. The van der Waals surface area contributed by atoms with Crippen LogP contribution in [0.5, 0.6) is 0 Å². The third kappa shape index (κ3) is 3.15. The van der Waals surface area contributed by atoms with Gasteiger partial charge < -0.3 is 5.73 Å². The molecule has 100 valence electrons. The van der Waals surface area contributed by atoms with Gasteiger partial charge in [-0.2, -0.15) is 0 Å². The Kier molecular flexibility index (Phi) is 3.64. The van der Waals surface area contributed by atoms with Crippen molar-refractivity contribution in [3.05, 3.63) is 47.2 Å². The minimum absolute atomic E-state index is 0.0334. The van der Waals surface area contributed by atoms with E-state index in [0.29, 0.717) is 5.69 Å². The molecule has 0 saturated carbocycles. The molecule has 19 heavy (non-hydrogen) atoms. The van der Waals surface area contributed by atoms with Crippen LogP contribution in [-0.4, -0.2) is 13.4 Å². The summed E-state index contributed by atoms with van der Waals surface area (Å²) in [6.07, 6.45) is 1.42. The minimum Gasteiger partial charge on any atom is -0.398 e. The first kappa shape index (κ1) is 13.6. The number of nitrogens with one attached hydrogen (secondary N) is 1. The summed E-state index contributed by atoms with van der Waals surface area (Å²) in [7, 11) is -3.74. The van der Waals surface area contributed by atoms with Gasteiger partial charge >= 0.3 is 0 Å². The Morgan fingerprint density at radius 2 is 2.00 bits per heavy atom. The van der Waals surface area contributed by atoms with Crippen LogP contribution in [0.15, 0.2) is 41.4 Å². The smallest absolute Gasteiger partial charge is 0.263 e. The van der Waals surface area contributed by atoms with Crippen molar-refractivity contribution < 1.29 is 8.42 Å². The van der Waals surface area contributed by atoms with Crippen LogP contribution in [0.3, 0.4) is 0 Å². The highest BCUT2D eigenvalue weighted by Crippen LogP contribution is 2.23. The average Bonchev–Trinajstić information content (AvgIpc) is 2.27. The van der Waals surface area contributed by atoms with Crippen molar-refractivity contribution in [2.75, 3.05) is 10.5 Å². The van der Waals surface area contributed by atoms with Gasteiger partial charge in [-0.3, -0.25) is 4.72 Å². The van der Waals surface area contributed by atoms with Gasteiger partial charge in [-0.05, 0) is 36.8 Å². The van der Waals surface area contributed by atoms with E-state index in [4.69, 9.17) is 17.3 Å². The molecule has 1 aromatic carbocycles. The van der Waals surface area contributed by atoms with Crippen molar-refractivity contribution in [2.45, 2.75) is 11.8 Å². The lowest BCUT2D eigenvalue weighted by Gasteiger charge is -2.10. The number of pyridine rings is 1. The van der Waals surface area contributed by atoms with Gasteiger partial charge in [0.15, 0.2) is 0 Å². The number of nitrogens with two attached hydrogens (primary N) is 1. The fourth-order valence-electron chi connectivity index (χ4n) is 1.59. The molecule has 0 bridgehead atoms. The summed E-state index contributed by atoms with van der Waals surface area (Å²) < 4.78 is 26.8. The Morgan fingerprint density at radius 1 is 1.26 bits per heavy atom. The molecule has 0 unspecified atom stereocenters. The number of hydrogen-bond donors (Lipinski definition) is 2. The van der Waals surface area contributed by atoms with Gasteiger partial charge in [-0.25, -0.2) is 13.4 Å². The molecule has 2 aromatic rings. The summed E-state index contributed by atoms with van der Waals surface area (Å²) in [4.78, 5) is 3.81. The minimum atomic E-state index is -3.74. The summed E-state index contributed by atoms with van der Waals surface area (Å²) in [6.45, 7) is 1.84. The Bertz CT molecular complexity index is 717. The predicted molar refractivity (Wildman–Crippen MR) is 75.6 cm³/mol. The third-order valence-electron chi connectivity index (χ3n) is 2.43. The van der Waals surface area contributed by atoms with E-state index in [9.17, 15) is 8.42 Å². The lowest BCUT2D eigenvalue weighted by atomic mass is 10.2. The molecular formula is C12H12ClN3O2S. The van der Waals surface area contributed by atoms with Crippen molar-refractivity contribution >= 4 is 33.0 Å². The molecule has 0 amide bonds. The Morgan fingerprint density at radius 3 is 2.63 bits per heavy atom. The van der Waals surface area contributed by atoms with Crippen molar-refractivity contribution in [3.8, 4) is 0 Å². The summed E-state index contributed by atoms with van der Waals surface area (Å²) in [5.74, 6) is 0. The number of benzene rings is 1. The predicted octanol–water partition coefficient (Wildman–Crippen LogP) is 2.43. The molecule has 1 aromatic heterocycles. The van der Waals surface area contributed by atoms with Crippen LogP contribution in [0.25, 0.3) is 0 Å². The van der Waals surface area contributed by atoms with Crippen LogP contribution in [0.1, 0.15) is 5.56 Å². The number of anilines is 2. The number of halogens is 1. The summed E-state index contributed by atoms with van der Waals surface area (Å²) in [5, 5.41) is 0.206. The Balaban J connectivity index is 2.38. The summed E-state index contributed by atoms with van der Waals surface area (Å²) in [5.41, 5.74) is 7.16. The van der Waals surface area contributed by atoms with Crippen LogP contribution in [-0.2, 0) is 10.0 Å². The number of sulfonamides is 1. The van der Waals surface area contributed by atoms with Gasteiger partial charge in [0, 0.05) is 6.20 Å². The molecule has 0 aliphatic rings. The second kappa shape index (κ2) is 5.07. The first-order valence-corrected chi connectivity index (χ1v) is 7.25. The van der Waals surface area contributed by atoms with Crippen molar-refractivity contribution in [1.29, 1.82) is 0 Å². The molecule has 0 fully saturated rings. The van der Waals surface area contributed by atoms with Crippen molar-refractivity contribution in [1.82, 2.24) is 4.98 Å². The standard InChI is InChI=1S/C12H12ClN3O2S/c1-8-2-3-11(10(14)6-8)19(17,18)16-9-4-5-15-12(13)7-9/h2-7H,14H2,1H3,(H,15,16). The van der Waals surface area contributed by atoms with E-state index < -0.39 is 10.0 Å². The SMILES string of the molecule is Cc1ccc(S(=O)(=O)Nc2ccnc(Cl)c2)c(N)c1. The molecule has 0 aliphatic carbocycles. The highest BCUT2D eigenvalue weighted by molar-refractivity contribution is 7.92. The highest BCUT2D eigenvalue weighted by Gasteiger charge is 2.17. The maximum absolute atomic E-state index is 12.2. The first-order valence-electron chi connectivity index (χ1n) is 5.39. The molecule has 5 nitrogen and oxygen atoms in total. The maximum atomic E-state index is 12.2. The Labute approximate surface area is 116 Å². The van der Waals surface area contributed by atoms with Crippen LogP contribution in [0.4, 0.5) is 11.4 Å². The van der Waals surface area contributed by atoms with Gasteiger partial charge in [0.05, 0.1) is 11.4 Å². The topological polar surface area (TPSA) is 85.1 Å². The third-order valence-corrected chi connectivity index (χ3v) is 4.10. The van der Waals surface area contributed by atoms with E-state index in [-0.39, 0.29) is 15.7 Å². The lowest BCUT2D eigenvalue weighted by molar-refractivity contribution is 0.601. The molecule has 0 aliphatic heterocycles. The molecule has 0 saturated heterocycles. The largest absolute Gasteiger partial charge is 0.398 e. The fourth-order valence-corrected chi connectivity index (χ4v) is 2.93. The molecule has 2 rings (SSSR count).